The summed E-state index contributed by atoms with van der Waals surface area (Å²) in [7, 11) is -3.09. The van der Waals surface area contributed by atoms with Gasteiger partial charge in [0.25, 0.3) is 18.2 Å². The summed E-state index contributed by atoms with van der Waals surface area (Å²) in [5.74, 6) is -3.47. The molecule has 0 aromatic carbocycles. The number of halogens is 3. The van der Waals surface area contributed by atoms with Crippen LogP contribution in [0.2, 0.25) is 0 Å². The van der Waals surface area contributed by atoms with Crippen LogP contribution in [0.3, 0.4) is 0 Å². The molecule has 0 saturated heterocycles. The van der Waals surface area contributed by atoms with Gasteiger partial charge in [0, 0.05) is 0 Å². The van der Waals surface area contributed by atoms with E-state index in [1.807, 2.05) is 0 Å². The minimum atomic E-state index is -3.09. The van der Waals surface area contributed by atoms with E-state index in [0.29, 0.717) is 0 Å². The highest BCUT2D eigenvalue weighted by atomic mass is 19.3. The van der Waals surface area contributed by atoms with Gasteiger partial charge in [0.2, 0.25) is 0 Å². The molecule has 17 heavy (non-hydrogen) atoms. The number of nitrogens with zero attached hydrogens (tertiary/aromatic N) is 2. The second kappa shape index (κ2) is 5.32. The summed E-state index contributed by atoms with van der Waals surface area (Å²) in [6.45, 7) is -1.21. The highest BCUT2D eigenvalue weighted by molar-refractivity contribution is 5.43. The Morgan fingerprint density at radius 3 is 2.88 bits per heavy atom. The minimum Gasteiger partial charge on any atom is -0.476 e. The van der Waals surface area contributed by atoms with E-state index in [4.69, 9.17) is 4.11 Å². The second-order valence-electron chi connectivity index (χ2n) is 2.66. The SMILES string of the molecule is [2H]C([2H])([2H])Oc1nc(OCC(F)F)c(F)cc1[N+](=O)[O-]. The lowest BCUT2D eigenvalue weighted by molar-refractivity contribution is -0.386. The van der Waals surface area contributed by atoms with Gasteiger partial charge in [0.05, 0.1) is 22.1 Å². The molecule has 1 rings (SSSR count). The number of aromatic nitrogens is 1. The Balaban J connectivity index is 3.16. The summed E-state index contributed by atoms with van der Waals surface area (Å²) in [6.07, 6.45) is -2.93. The van der Waals surface area contributed by atoms with Crippen molar-refractivity contribution < 1.29 is 31.7 Å². The van der Waals surface area contributed by atoms with E-state index in [1.165, 1.54) is 0 Å². The van der Waals surface area contributed by atoms with Crippen molar-refractivity contribution in [2.45, 2.75) is 6.43 Å². The van der Waals surface area contributed by atoms with Crippen molar-refractivity contribution in [1.29, 1.82) is 0 Å². The number of ether oxygens (including phenoxy) is 2. The molecule has 0 fully saturated rings. The van der Waals surface area contributed by atoms with Crippen LogP contribution in [0.15, 0.2) is 6.07 Å². The zero-order valence-corrected chi connectivity index (χ0v) is 8.02. The Kier molecular flexibility index (Phi) is 2.82. The van der Waals surface area contributed by atoms with Crippen molar-refractivity contribution in [2.75, 3.05) is 13.6 Å². The first-order valence-electron chi connectivity index (χ1n) is 5.55. The third-order valence-corrected chi connectivity index (χ3v) is 1.53. The van der Waals surface area contributed by atoms with Gasteiger partial charge in [-0.3, -0.25) is 10.1 Å². The largest absolute Gasteiger partial charge is 0.476 e. The topological polar surface area (TPSA) is 74.5 Å². The quantitative estimate of drug-likeness (QED) is 0.592. The summed E-state index contributed by atoms with van der Waals surface area (Å²) in [4.78, 5) is 12.6. The van der Waals surface area contributed by atoms with Crippen molar-refractivity contribution in [2.24, 2.45) is 0 Å². The molecule has 0 amide bonds. The van der Waals surface area contributed by atoms with Crippen LogP contribution >= 0.6 is 0 Å². The Bertz CT molecular complexity index is 512. The van der Waals surface area contributed by atoms with E-state index in [-0.39, 0.29) is 6.07 Å². The molecule has 1 aromatic rings. The van der Waals surface area contributed by atoms with Crippen molar-refractivity contribution >= 4 is 5.69 Å². The smallest absolute Gasteiger partial charge is 0.334 e. The number of alkyl halides is 2. The maximum Gasteiger partial charge on any atom is 0.334 e. The van der Waals surface area contributed by atoms with E-state index in [1.54, 1.807) is 0 Å². The van der Waals surface area contributed by atoms with Crippen molar-refractivity contribution in [1.82, 2.24) is 4.98 Å². The van der Waals surface area contributed by atoms with Crippen LogP contribution in [0.1, 0.15) is 4.11 Å². The summed E-state index contributed by atoms with van der Waals surface area (Å²) >= 11 is 0. The molecule has 6 nitrogen and oxygen atoms in total. The van der Waals surface area contributed by atoms with Crippen LogP contribution in [0.25, 0.3) is 0 Å². The molecular weight excluding hydrogens is 245 g/mol. The molecule has 1 aromatic heterocycles. The van der Waals surface area contributed by atoms with Crippen molar-refractivity contribution in [3.05, 3.63) is 22.0 Å². The molecule has 0 aliphatic heterocycles. The zero-order valence-electron chi connectivity index (χ0n) is 11.0. The van der Waals surface area contributed by atoms with Crippen LogP contribution in [0, 0.1) is 15.9 Å². The van der Waals surface area contributed by atoms with Gasteiger partial charge >= 0.3 is 5.69 Å². The number of pyridine rings is 1. The van der Waals surface area contributed by atoms with Gasteiger partial charge in [-0.25, -0.2) is 13.2 Å². The Labute approximate surface area is 97.3 Å². The third kappa shape index (κ3) is 3.20. The summed E-state index contributed by atoms with van der Waals surface area (Å²) in [6, 6.07) is 0.273. The lowest BCUT2D eigenvalue weighted by atomic mass is 10.4. The molecule has 9 heteroatoms. The van der Waals surface area contributed by atoms with Crippen LogP contribution in [0.5, 0.6) is 11.8 Å². The maximum atomic E-state index is 13.3. The monoisotopic (exact) mass is 255 g/mol. The number of hydrogen-bond donors (Lipinski definition) is 0. The Morgan fingerprint density at radius 2 is 2.35 bits per heavy atom. The molecule has 0 saturated carbocycles. The van der Waals surface area contributed by atoms with Crippen LogP contribution in [-0.2, 0) is 0 Å². The van der Waals surface area contributed by atoms with E-state index in [2.05, 4.69) is 14.5 Å². The molecular formula is C8H7F3N2O4. The summed E-state index contributed by atoms with van der Waals surface area (Å²) < 4.78 is 66.1. The maximum absolute atomic E-state index is 13.3. The fourth-order valence-electron chi connectivity index (χ4n) is 0.895. The Hall–Kier alpha value is -2.06. The fraction of sp³-hybridized carbons (Fsp3) is 0.375. The van der Waals surface area contributed by atoms with Gasteiger partial charge < -0.3 is 9.47 Å². The summed E-state index contributed by atoms with van der Waals surface area (Å²) in [5, 5.41) is 10.6. The van der Waals surface area contributed by atoms with Gasteiger partial charge in [0.15, 0.2) is 12.4 Å². The van der Waals surface area contributed by atoms with E-state index in [9.17, 15) is 23.3 Å². The predicted molar refractivity (Wildman–Crippen MR) is 48.9 cm³/mol. The number of methoxy groups -OCH3 is 1. The van der Waals surface area contributed by atoms with Gasteiger partial charge in [-0.05, 0) is 0 Å². The van der Waals surface area contributed by atoms with Crippen LogP contribution in [-0.4, -0.2) is 30.0 Å². The first-order valence-corrected chi connectivity index (χ1v) is 4.05. The average Bonchev–Trinajstić information content (AvgIpc) is 2.26. The summed E-state index contributed by atoms with van der Waals surface area (Å²) in [5.41, 5.74) is -1.07. The molecule has 0 bridgehead atoms. The molecule has 0 atom stereocenters. The molecule has 0 N–H and O–H groups in total. The first kappa shape index (κ1) is 9.02. The molecule has 0 spiro atoms. The lowest BCUT2D eigenvalue weighted by Gasteiger charge is -2.07. The van der Waals surface area contributed by atoms with Gasteiger partial charge in [-0.2, -0.15) is 4.98 Å². The molecule has 0 aliphatic rings. The molecule has 0 aliphatic carbocycles. The number of nitro groups is 1. The van der Waals surface area contributed by atoms with Crippen LogP contribution in [0.4, 0.5) is 18.9 Å². The van der Waals surface area contributed by atoms with Crippen molar-refractivity contribution in [3.8, 4) is 11.8 Å². The van der Waals surface area contributed by atoms with Gasteiger partial charge in [0.1, 0.15) is 0 Å². The number of rotatable bonds is 5. The van der Waals surface area contributed by atoms with E-state index in [0.717, 1.165) is 0 Å². The lowest BCUT2D eigenvalue weighted by Crippen LogP contribution is -2.10. The molecule has 1 heterocycles. The van der Waals surface area contributed by atoms with Gasteiger partial charge in [-0.15, -0.1) is 0 Å². The zero-order chi connectivity index (χ0) is 15.5. The van der Waals surface area contributed by atoms with Crippen LogP contribution < -0.4 is 9.47 Å². The minimum absolute atomic E-state index is 0.273. The highest BCUT2D eigenvalue weighted by Crippen LogP contribution is 2.29. The standard InChI is InChI=1S/C8H7F3N2O4/c1-16-8-5(13(14)15)2-4(9)7(12-8)17-3-6(10)11/h2,6H,3H2,1H3/i1D3. The van der Waals surface area contributed by atoms with Crippen molar-refractivity contribution in [3.63, 3.8) is 0 Å². The fourth-order valence-corrected chi connectivity index (χ4v) is 0.895. The van der Waals surface area contributed by atoms with Gasteiger partial charge in [-0.1, -0.05) is 0 Å². The molecule has 0 unspecified atom stereocenters. The molecule has 0 radical (unpaired) electrons. The second-order valence-corrected chi connectivity index (χ2v) is 2.66. The van der Waals surface area contributed by atoms with E-state index >= 15 is 0 Å². The normalized spacial score (nSPS) is 13.8. The third-order valence-electron chi connectivity index (χ3n) is 1.53. The number of hydrogen-bond acceptors (Lipinski definition) is 5. The Morgan fingerprint density at radius 1 is 1.65 bits per heavy atom. The predicted octanol–water partition coefficient (Wildman–Crippen LogP) is 1.78. The molecule has 94 valence electrons. The van der Waals surface area contributed by atoms with E-state index < -0.39 is 48.3 Å². The highest BCUT2D eigenvalue weighted by Gasteiger charge is 2.22. The average molecular weight is 255 g/mol. The first-order chi connectivity index (χ1) is 9.10.